The number of hydrogen-bond donors (Lipinski definition) is 3. The summed E-state index contributed by atoms with van der Waals surface area (Å²) >= 11 is 0. The van der Waals surface area contributed by atoms with Gasteiger partial charge in [0.25, 0.3) is 0 Å². The molecule has 96 valence electrons. The number of ether oxygens (including phenoxy) is 1. The fourth-order valence-electron chi connectivity index (χ4n) is 1.96. The molecular weight excluding hydrogens is 237 g/mol. The average molecular weight is 251 g/mol. The molecule has 7 heteroatoms. The second-order valence-corrected chi connectivity index (χ2v) is 3.96. The molecule has 0 fully saturated rings. The Morgan fingerprint density at radius 3 is 3.00 bits per heavy atom. The molecule has 4 N–H and O–H groups in total. The summed E-state index contributed by atoms with van der Waals surface area (Å²) in [5.74, 6) is -0.489. The van der Waals surface area contributed by atoms with Crippen molar-refractivity contribution in [2.45, 2.75) is 12.5 Å². The molecule has 0 bridgehead atoms. The Morgan fingerprint density at radius 1 is 1.56 bits per heavy atom. The largest absolute Gasteiger partial charge is 0.495 e. The van der Waals surface area contributed by atoms with Gasteiger partial charge >= 0.3 is 13.1 Å². The van der Waals surface area contributed by atoms with E-state index in [4.69, 9.17) is 20.2 Å². The lowest BCUT2D eigenvalue weighted by Gasteiger charge is -2.10. The summed E-state index contributed by atoms with van der Waals surface area (Å²) in [6, 6.07) is 5.25. The molecule has 0 unspecified atom stereocenters. The number of rotatable bonds is 5. The summed E-state index contributed by atoms with van der Waals surface area (Å²) in [5, 5.41) is 18.3. The van der Waals surface area contributed by atoms with Crippen LogP contribution in [-0.2, 0) is 9.45 Å². The molecule has 0 spiro atoms. The highest BCUT2D eigenvalue weighted by molar-refractivity contribution is 6.62. The fourth-order valence-corrected chi connectivity index (χ4v) is 1.96. The molecule has 1 aliphatic rings. The molecule has 0 amide bonds. The molecular formula is C11H14BNO5. The third kappa shape index (κ3) is 2.48. The maximum Gasteiger partial charge on any atom is 0.495 e. The minimum atomic E-state index is -1.07. The van der Waals surface area contributed by atoms with Crippen LogP contribution in [0.4, 0.5) is 0 Å². The predicted octanol–water partition coefficient (Wildman–Crippen LogP) is -0.742. The maximum atomic E-state index is 10.4. The summed E-state index contributed by atoms with van der Waals surface area (Å²) in [6.07, 6.45) is -0.445. The van der Waals surface area contributed by atoms with Gasteiger partial charge in [0.1, 0.15) is 5.75 Å². The molecule has 0 aliphatic carbocycles. The third-order valence-electron chi connectivity index (χ3n) is 2.77. The van der Waals surface area contributed by atoms with Crippen LogP contribution < -0.4 is 15.9 Å². The van der Waals surface area contributed by atoms with E-state index in [-0.39, 0.29) is 25.7 Å². The van der Waals surface area contributed by atoms with Crippen LogP contribution in [0, 0.1) is 0 Å². The molecule has 0 saturated carbocycles. The highest BCUT2D eigenvalue weighted by Crippen LogP contribution is 2.26. The van der Waals surface area contributed by atoms with E-state index in [1.54, 1.807) is 12.1 Å². The average Bonchev–Trinajstić information content (AvgIpc) is 2.67. The van der Waals surface area contributed by atoms with Crippen LogP contribution in [0.1, 0.15) is 18.1 Å². The van der Waals surface area contributed by atoms with E-state index in [9.17, 15) is 9.82 Å². The lowest BCUT2D eigenvalue weighted by atomic mass is 9.78. The van der Waals surface area contributed by atoms with Crippen molar-refractivity contribution in [3.05, 3.63) is 23.8 Å². The van der Waals surface area contributed by atoms with E-state index < -0.39 is 13.1 Å². The molecule has 1 aliphatic heterocycles. The van der Waals surface area contributed by atoms with Crippen LogP contribution in [0.2, 0.25) is 0 Å². The van der Waals surface area contributed by atoms with Crippen LogP contribution in [0.25, 0.3) is 0 Å². The van der Waals surface area contributed by atoms with Crippen molar-refractivity contribution >= 4 is 18.6 Å². The van der Waals surface area contributed by atoms with Crippen molar-refractivity contribution in [2.24, 2.45) is 5.73 Å². The molecule has 1 atom stereocenters. The maximum absolute atomic E-state index is 10.4. The highest BCUT2D eigenvalue weighted by atomic mass is 16.5. The monoisotopic (exact) mass is 251 g/mol. The van der Waals surface area contributed by atoms with Crippen LogP contribution >= 0.6 is 0 Å². The molecule has 0 radical (unpaired) electrons. The number of carbonyl (C=O) groups is 1. The van der Waals surface area contributed by atoms with Gasteiger partial charge in [0.05, 0.1) is 19.1 Å². The first-order chi connectivity index (χ1) is 8.63. The Labute approximate surface area is 104 Å². The molecule has 0 saturated heterocycles. The summed E-state index contributed by atoms with van der Waals surface area (Å²) in [5.41, 5.74) is 6.88. The van der Waals surface area contributed by atoms with Gasteiger partial charge in [-0.3, -0.25) is 4.79 Å². The first-order valence-electron chi connectivity index (χ1n) is 5.64. The van der Waals surface area contributed by atoms with Gasteiger partial charge in [0.2, 0.25) is 0 Å². The summed E-state index contributed by atoms with van der Waals surface area (Å²) in [4.78, 5) is 10.4. The van der Waals surface area contributed by atoms with Gasteiger partial charge < -0.3 is 25.3 Å². The van der Waals surface area contributed by atoms with Crippen LogP contribution in [0.15, 0.2) is 18.2 Å². The highest BCUT2D eigenvalue weighted by Gasteiger charge is 2.37. The summed E-state index contributed by atoms with van der Waals surface area (Å²) < 4.78 is 10.6. The van der Waals surface area contributed by atoms with Crippen LogP contribution in [0.5, 0.6) is 5.75 Å². The minimum Gasteiger partial charge on any atom is -0.493 e. The van der Waals surface area contributed by atoms with Crippen molar-refractivity contribution in [1.82, 2.24) is 0 Å². The van der Waals surface area contributed by atoms with Crippen LogP contribution in [0.3, 0.4) is 0 Å². The number of carboxylic acid groups (broad SMARTS) is 1. The van der Waals surface area contributed by atoms with Crippen molar-refractivity contribution in [3.8, 4) is 5.75 Å². The normalized spacial score (nSPS) is 17.7. The first kappa shape index (κ1) is 12.9. The Kier molecular flexibility index (Phi) is 3.85. The summed E-state index contributed by atoms with van der Waals surface area (Å²) in [6.45, 7) is 0.314. The molecule has 1 heterocycles. The number of carboxylic acids is 1. The SMILES string of the molecule is NC[C@H]1OB(O)c2c(OCCC(=O)O)cccc21. The van der Waals surface area contributed by atoms with E-state index in [2.05, 4.69) is 0 Å². The Balaban J connectivity index is 2.17. The molecule has 0 aromatic heterocycles. The topological polar surface area (TPSA) is 102 Å². The zero-order valence-corrected chi connectivity index (χ0v) is 9.70. The van der Waals surface area contributed by atoms with E-state index in [0.717, 1.165) is 5.56 Å². The van der Waals surface area contributed by atoms with E-state index in [0.29, 0.717) is 11.2 Å². The van der Waals surface area contributed by atoms with Gasteiger partial charge in [0.15, 0.2) is 0 Å². The molecule has 6 nitrogen and oxygen atoms in total. The number of benzene rings is 1. The number of hydrogen-bond acceptors (Lipinski definition) is 5. The third-order valence-corrected chi connectivity index (χ3v) is 2.77. The number of nitrogens with two attached hydrogens (primary N) is 1. The predicted molar refractivity (Wildman–Crippen MR) is 64.7 cm³/mol. The van der Waals surface area contributed by atoms with E-state index in [1.807, 2.05) is 6.07 Å². The van der Waals surface area contributed by atoms with Gasteiger partial charge in [-0.05, 0) is 11.6 Å². The van der Waals surface area contributed by atoms with Crippen LogP contribution in [-0.4, -0.2) is 36.4 Å². The Bertz CT molecular complexity index is 453. The molecule has 18 heavy (non-hydrogen) atoms. The number of fused-ring (bicyclic) bond motifs is 1. The van der Waals surface area contributed by atoms with Gasteiger partial charge in [-0.15, -0.1) is 0 Å². The van der Waals surface area contributed by atoms with Gasteiger partial charge in [0, 0.05) is 12.0 Å². The Morgan fingerprint density at radius 2 is 2.33 bits per heavy atom. The van der Waals surface area contributed by atoms with E-state index in [1.165, 1.54) is 0 Å². The molecule has 1 aromatic rings. The standard InChI is InChI=1S/C11H14BNO5/c13-6-9-7-2-1-3-8(11(7)12(16)18-9)17-5-4-10(14)15/h1-3,9,16H,4-6,13H2,(H,14,15)/t9-/m1/s1. The smallest absolute Gasteiger partial charge is 0.493 e. The lowest BCUT2D eigenvalue weighted by Crippen LogP contribution is -2.30. The molecule has 1 aromatic carbocycles. The summed E-state index contributed by atoms with van der Waals surface area (Å²) in [7, 11) is -1.07. The minimum absolute atomic E-state index is 0.0474. The quantitative estimate of drug-likeness (QED) is 0.595. The van der Waals surface area contributed by atoms with E-state index >= 15 is 0 Å². The van der Waals surface area contributed by atoms with Gasteiger partial charge in [-0.1, -0.05) is 12.1 Å². The lowest BCUT2D eigenvalue weighted by molar-refractivity contribution is -0.137. The fraction of sp³-hybridized carbons (Fsp3) is 0.364. The second kappa shape index (κ2) is 5.39. The van der Waals surface area contributed by atoms with Gasteiger partial charge in [-0.2, -0.15) is 0 Å². The number of aliphatic carboxylic acids is 1. The van der Waals surface area contributed by atoms with Crippen molar-refractivity contribution in [3.63, 3.8) is 0 Å². The Hall–Kier alpha value is -1.57. The van der Waals surface area contributed by atoms with Crippen molar-refractivity contribution in [1.29, 1.82) is 0 Å². The van der Waals surface area contributed by atoms with Crippen molar-refractivity contribution in [2.75, 3.05) is 13.2 Å². The van der Waals surface area contributed by atoms with Gasteiger partial charge in [-0.25, -0.2) is 0 Å². The zero-order chi connectivity index (χ0) is 13.1. The van der Waals surface area contributed by atoms with Crippen molar-refractivity contribution < 1.29 is 24.3 Å². The second-order valence-electron chi connectivity index (χ2n) is 3.96. The first-order valence-corrected chi connectivity index (χ1v) is 5.64. The zero-order valence-electron chi connectivity index (χ0n) is 9.70. The molecule has 2 rings (SSSR count).